The number of aromatic nitrogens is 1. The molecule has 0 atom stereocenters. The summed E-state index contributed by atoms with van der Waals surface area (Å²) < 4.78 is 52.6. The molecule has 0 amide bonds. The molecule has 0 N–H and O–H groups in total. The van der Waals surface area contributed by atoms with Crippen LogP contribution in [0.3, 0.4) is 0 Å². The van der Waals surface area contributed by atoms with Crippen LogP contribution in [0.2, 0.25) is 5.02 Å². The van der Waals surface area contributed by atoms with Crippen molar-refractivity contribution in [2.75, 3.05) is 6.26 Å². The molecule has 1 aromatic carbocycles. The number of fused-ring (bicyclic) bond motifs is 1. The van der Waals surface area contributed by atoms with E-state index < -0.39 is 38.4 Å². The molecular weight excluding hydrogens is 362 g/mol. The first-order chi connectivity index (χ1) is 11.1. The molecule has 1 heterocycles. The molecule has 0 saturated carbocycles. The molecule has 0 fully saturated rings. The first kappa shape index (κ1) is 16.6. The van der Waals surface area contributed by atoms with E-state index in [-0.39, 0.29) is 22.0 Å². The van der Waals surface area contributed by atoms with Crippen LogP contribution in [0.15, 0.2) is 29.3 Å². The van der Waals surface area contributed by atoms with E-state index in [1.54, 1.807) is 0 Å². The smallest absolute Gasteiger partial charge is 0.315 e. The molecule has 3 rings (SSSR count). The van der Waals surface area contributed by atoms with Crippen LogP contribution in [0.4, 0.5) is 8.78 Å². The average molecular weight is 371 g/mol. The van der Waals surface area contributed by atoms with Crippen molar-refractivity contribution in [1.29, 1.82) is 5.26 Å². The van der Waals surface area contributed by atoms with Gasteiger partial charge in [0.2, 0.25) is 5.78 Å². The summed E-state index contributed by atoms with van der Waals surface area (Å²) in [5.41, 5.74) is -0.214. The van der Waals surface area contributed by atoms with Crippen molar-refractivity contribution in [3.63, 3.8) is 0 Å². The van der Waals surface area contributed by atoms with Gasteiger partial charge < -0.3 is 4.57 Å². The number of halogens is 3. The number of sulfone groups is 1. The fourth-order valence-corrected chi connectivity index (χ4v) is 3.71. The van der Waals surface area contributed by atoms with Crippen molar-refractivity contribution in [2.45, 2.75) is 17.2 Å². The lowest BCUT2D eigenvalue weighted by Gasteiger charge is -2.10. The molecule has 0 saturated heterocycles. The van der Waals surface area contributed by atoms with Crippen molar-refractivity contribution in [3.05, 3.63) is 46.2 Å². The van der Waals surface area contributed by atoms with Crippen molar-refractivity contribution < 1.29 is 22.0 Å². The van der Waals surface area contributed by atoms with Crippen molar-refractivity contribution >= 4 is 27.2 Å². The maximum absolute atomic E-state index is 13.8. The Morgan fingerprint density at radius 1 is 1.38 bits per heavy atom. The van der Waals surface area contributed by atoms with Gasteiger partial charge in [-0.05, 0) is 18.2 Å². The Kier molecular flexibility index (Phi) is 3.55. The monoisotopic (exact) mass is 370 g/mol. The number of benzene rings is 1. The third-order valence-electron chi connectivity index (χ3n) is 3.77. The first-order valence-electron chi connectivity index (χ1n) is 6.63. The van der Waals surface area contributed by atoms with E-state index in [1.165, 1.54) is 22.8 Å². The van der Waals surface area contributed by atoms with Gasteiger partial charge in [0.25, 0.3) is 0 Å². The number of carbonyl (C=O) groups excluding carboxylic acids is 1. The summed E-state index contributed by atoms with van der Waals surface area (Å²) in [5.74, 6) is -5.16. The number of alkyl halides is 2. The average Bonchev–Trinajstić information content (AvgIpc) is 2.95. The van der Waals surface area contributed by atoms with E-state index in [9.17, 15) is 22.0 Å². The van der Waals surface area contributed by atoms with Gasteiger partial charge in [-0.3, -0.25) is 4.79 Å². The number of nitriles is 1. The number of Topliss-reactive ketones (excluding diaryl/α,β-unsaturated/α-hetero) is 1. The maximum Gasteiger partial charge on any atom is 0.315 e. The Morgan fingerprint density at radius 2 is 2.04 bits per heavy atom. The quantitative estimate of drug-likeness (QED) is 0.814. The van der Waals surface area contributed by atoms with Crippen LogP contribution in [0.1, 0.15) is 21.6 Å². The zero-order valence-corrected chi connectivity index (χ0v) is 13.8. The first-order valence-corrected chi connectivity index (χ1v) is 8.90. The molecule has 1 aliphatic carbocycles. The highest BCUT2D eigenvalue weighted by molar-refractivity contribution is 7.90. The number of hydrogen-bond acceptors (Lipinski definition) is 4. The van der Waals surface area contributed by atoms with Crippen LogP contribution in [0.25, 0.3) is 5.69 Å². The van der Waals surface area contributed by atoms with Gasteiger partial charge in [0.05, 0.1) is 27.5 Å². The Balaban J connectivity index is 2.32. The maximum atomic E-state index is 13.8. The van der Waals surface area contributed by atoms with Crippen molar-refractivity contribution in [3.8, 4) is 11.8 Å². The number of rotatable bonds is 2. The van der Waals surface area contributed by atoms with Gasteiger partial charge in [0, 0.05) is 23.8 Å². The van der Waals surface area contributed by atoms with Crippen LogP contribution in [0, 0.1) is 11.3 Å². The fraction of sp³-hybridized carbons (Fsp3) is 0.200. The van der Waals surface area contributed by atoms with Gasteiger partial charge in [-0.2, -0.15) is 14.0 Å². The van der Waals surface area contributed by atoms with Crippen molar-refractivity contribution in [1.82, 2.24) is 4.57 Å². The Morgan fingerprint density at radius 3 is 2.62 bits per heavy atom. The molecule has 9 heteroatoms. The van der Waals surface area contributed by atoms with Gasteiger partial charge in [-0.25, -0.2) is 8.42 Å². The number of carbonyl (C=O) groups is 1. The van der Waals surface area contributed by atoms with Crippen molar-refractivity contribution in [2.24, 2.45) is 0 Å². The highest BCUT2D eigenvalue weighted by Crippen LogP contribution is 2.40. The van der Waals surface area contributed by atoms with Crippen LogP contribution >= 0.6 is 11.6 Å². The van der Waals surface area contributed by atoms with Gasteiger partial charge in [0.1, 0.15) is 6.07 Å². The Labute approximate surface area is 141 Å². The SMILES string of the molecule is CS(=O)(=O)c1cn(-c2ccc(Cl)c(C#N)c2)c2c1C(=O)C(F)(F)C2. The van der Waals surface area contributed by atoms with Gasteiger partial charge in [0.15, 0.2) is 9.84 Å². The zero-order valence-electron chi connectivity index (χ0n) is 12.2. The second-order valence-corrected chi connectivity index (χ2v) is 7.83. The number of nitrogens with zero attached hydrogens (tertiary/aromatic N) is 2. The normalized spacial score (nSPS) is 16.0. The predicted molar refractivity (Wildman–Crippen MR) is 81.6 cm³/mol. The molecule has 5 nitrogen and oxygen atoms in total. The van der Waals surface area contributed by atoms with Crippen LogP contribution < -0.4 is 0 Å². The Hall–Kier alpha value is -2.24. The van der Waals surface area contributed by atoms with E-state index in [0.717, 1.165) is 12.5 Å². The molecule has 124 valence electrons. The summed E-state index contributed by atoms with van der Waals surface area (Å²) in [7, 11) is -3.89. The molecule has 1 aliphatic rings. The highest BCUT2D eigenvalue weighted by Gasteiger charge is 2.51. The van der Waals surface area contributed by atoms with E-state index in [0.29, 0.717) is 0 Å². The molecule has 0 aliphatic heterocycles. The summed E-state index contributed by atoms with van der Waals surface area (Å²) in [5, 5.41) is 9.20. The largest absolute Gasteiger partial charge is 0.319 e. The number of hydrogen-bond donors (Lipinski definition) is 0. The predicted octanol–water partition coefficient (Wildman–Crippen LogP) is 2.78. The second-order valence-electron chi connectivity index (χ2n) is 5.44. The summed E-state index contributed by atoms with van der Waals surface area (Å²) >= 11 is 5.85. The molecular formula is C15H9ClF2N2O3S. The zero-order chi connectivity index (χ0) is 17.9. The minimum absolute atomic E-state index is 0.100. The third-order valence-corrected chi connectivity index (χ3v) is 5.21. The van der Waals surface area contributed by atoms with Crippen LogP contribution in [-0.4, -0.2) is 30.9 Å². The molecule has 1 aromatic heterocycles. The van der Waals surface area contributed by atoms with E-state index >= 15 is 0 Å². The minimum atomic E-state index is -3.89. The van der Waals surface area contributed by atoms with Crippen LogP contribution in [0.5, 0.6) is 0 Å². The van der Waals surface area contributed by atoms with E-state index in [4.69, 9.17) is 16.9 Å². The fourth-order valence-electron chi connectivity index (χ4n) is 2.67. The molecule has 0 radical (unpaired) electrons. The van der Waals surface area contributed by atoms with Crippen LogP contribution in [-0.2, 0) is 16.3 Å². The third kappa shape index (κ3) is 2.41. The minimum Gasteiger partial charge on any atom is -0.319 e. The standard InChI is InChI=1S/C15H9ClF2N2O3S/c1-24(22,23)12-7-20(9-2-3-10(16)8(4-9)6-19)11-5-15(17,18)14(21)13(11)12/h2-4,7H,5H2,1H3. The summed E-state index contributed by atoms with van der Waals surface area (Å²) in [6, 6.07) is 6.05. The van der Waals surface area contributed by atoms with Gasteiger partial charge in [-0.1, -0.05) is 11.6 Å². The van der Waals surface area contributed by atoms with E-state index in [2.05, 4.69) is 0 Å². The summed E-state index contributed by atoms with van der Waals surface area (Å²) in [6.45, 7) is 0. The van der Waals surface area contributed by atoms with E-state index in [1.807, 2.05) is 6.07 Å². The number of ketones is 1. The molecule has 0 unspecified atom stereocenters. The molecule has 0 spiro atoms. The Bertz CT molecular complexity index is 1040. The summed E-state index contributed by atoms with van der Waals surface area (Å²) in [6.07, 6.45) is 1.07. The molecule has 0 bridgehead atoms. The lowest BCUT2D eigenvalue weighted by molar-refractivity contribution is 0.0160. The topological polar surface area (TPSA) is 79.9 Å². The highest BCUT2D eigenvalue weighted by atomic mass is 35.5. The second kappa shape index (κ2) is 5.13. The lowest BCUT2D eigenvalue weighted by Crippen LogP contribution is -2.25. The summed E-state index contributed by atoms with van der Waals surface area (Å²) in [4.78, 5) is 11.5. The molecule has 24 heavy (non-hydrogen) atoms. The van der Waals surface area contributed by atoms with Gasteiger partial charge >= 0.3 is 5.92 Å². The molecule has 2 aromatic rings. The van der Waals surface area contributed by atoms with Gasteiger partial charge in [-0.15, -0.1) is 0 Å². The lowest BCUT2D eigenvalue weighted by atomic mass is 10.2.